The summed E-state index contributed by atoms with van der Waals surface area (Å²) in [5.41, 5.74) is 1.15. The molecule has 1 N–H and O–H groups in total. The van der Waals surface area contributed by atoms with Crippen LogP contribution >= 0.6 is 11.3 Å². The second-order valence-electron chi connectivity index (χ2n) is 3.32. The minimum absolute atomic E-state index is 0.186. The van der Waals surface area contributed by atoms with E-state index in [1.807, 2.05) is 37.3 Å². The van der Waals surface area contributed by atoms with Crippen LogP contribution in [0.25, 0.3) is 10.6 Å². The number of hydrogen-bond acceptors (Lipinski definition) is 3. The zero-order valence-electron chi connectivity index (χ0n) is 8.80. The number of carbonyl (C=O) groups is 1. The summed E-state index contributed by atoms with van der Waals surface area (Å²) in [7, 11) is 0. The van der Waals surface area contributed by atoms with Gasteiger partial charge in [0.1, 0.15) is 5.01 Å². The fraction of sp³-hybridized carbons (Fsp3) is 0.167. The molecule has 3 nitrogen and oxygen atoms in total. The van der Waals surface area contributed by atoms with E-state index in [0.29, 0.717) is 6.42 Å². The molecule has 82 valence electrons. The molecule has 0 amide bonds. The van der Waals surface area contributed by atoms with Crippen LogP contribution in [0, 0.1) is 0 Å². The second-order valence-corrected chi connectivity index (χ2v) is 4.40. The molecule has 2 rings (SSSR count). The number of aromatic carboxylic acids is 1. The molecule has 0 unspecified atom stereocenters. The summed E-state index contributed by atoms with van der Waals surface area (Å²) >= 11 is 1.45. The Morgan fingerprint density at radius 2 is 2.06 bits per heavy atom. The average Bonchev–Trinajstić information content (AvgIpc) is 2.74. The second kappa shape index (κ2) is 4.45. The minimum atomic E-state index is -0.949. The van der Waals surface area contributed by atoms with Gasteiger partial charge in [0.25, 0.3) is 0 Å². The van der Waals surface area contributed by atoms with E-state index in [1.54, 1.807) is 0 Å². The van der Waals surface area contributed by atoms with Gasteiger partial charge in [-0.2, -0.15) is 0 Å². The summed E-state index contributed by atoms with van der Waals surface area (Å²) in [4.78, 5) is 16.0. The summed E-state index contributed by atoms with van der Waals surface area (Å²) in [5, 5.41) is 9.77. The predicted octanol–water partition coefficient (Wildman–Crippen LogP) is 3.07. The summed E-state index contributed by atoms with van der Waals surface area (Å²) in [6, 6.07) is 9.63. The normalized spacial score (nSPS) is 10.3. The molecule has 0 aliphatic rings. The van der Waals surface area contributed by atoms with Crippen molar-refractivity contribution in [2.45, 2.75) is 13.3 Å². The van der Waals surface area contributed by atoms with Crippen molar-refractivity contribution in [3.05, 3.63) is 40.9 Å². The molecule has 4 heteroatoms. The van der Waals surface area contributed by atoms with Crippen molar-refractivity contribution in [2.75, 3.05) is 0 Å². The summed E-state index contributed by atoms with van der Waals surface area (Å²) in [6.45, 7) is 1.94. The zero-order valence-corrected chi connectivity index (χ0v) is 9.62. The van der Waals surface area contributed by atoms with E-state index < -0.39 is 5.97 Å². The zero-order chi connectivity index (χ0) is 11.5. The van der Waals surface area contributed by atoms with E-state index in [1.165, 1.54) is 11.3 Å². The van der Waals surface area contributed by atoms with E-state index in [4.69, 9.17) is 5.11 Å². The molecule has 0 aliphatic heterocycles. The van der Waals surface area contributed by atoms with Gasteiger partial charge in [0.2, 0.25) is 0 Å². The topological polar surface area (TPSA) is 50.2 Å². The minimum Gasteiger partial charge on any atom is -0.476 e. The number of aryl methyl sites for hydroxylation is 1. The molecule has 0 saturated carbocycles. The largest absolute Gasteiger partial charge is 0.476 e. The number of carboxylic acid groups (broad SMARTS) is 1. The third-order valence-electron chi connectivity index (χ3n) is 2.24. The first-order chi connectivity index (χ1) is 7.72. The third-order valence-corrected chi connectivity index (χ3v) is 3.49. The molecule has 1 aromatic heterocycles. The maximum absolute atomic E-state index is 11.0. The molecular formula is C12H11NO2S. The van der Waals surface area contributed by atoms with Crippen molar-refractivity contribution in [1.29, 1.82) is 0 Å². The number of nitrogens with zero attached hydrogens (tertiary/aromatic N) is 1. The van der Waals surface area contributed by atoms with Gasteiger partial charge in [-0.25, -0.2) is 9.78 Å². The maximum Gasteiger partial charge on any atom is 0.355 e. The van der Waals surface area contributed by atoms with Crippen molar-refractivity contribution in [1.82, 2.24) is 4.98 Å². The van der Waals surface area contributed by atoms with Crippen LogP contribution in [-0.4, -0.2) is 16.1 Å². The first kappa shape index (κ1) is 10.8. The Bertz CT molecular complexity index is 505. The highest BCUT2D eigenvalue weighted by Crippen LogP contribution is 2.28. The number of aromatic nitrogens is 1. The van der Waals surface area contributed by atoms with Crippen LogP contribution in [0.5, 0.6) is 0 Å². The lowest BCUT2D eigenvalue weighted by Gasteiger charge is -1.92. The Morgan fingerprint density at radius 1 is 1.38 bits per heavy atom. The highest BCUT2D eigenvalue weighted by Gasteiger charge is 2.16. The molecule has 0 atom stereocenters. The van der Waals surface area contributed by atoms with Gasteiger partial charge in [0.15, 0.2) is 5.69 Å². The first-order valence-electron chi connectivity index (χ1n) is 5.00. The number of thiazole rings is 1. The van der Waals surface area contributed by atoms with Gasteiger partial charge in [-0.15, -0.1) is 11.3 Å². The number of benzene rings is 1. The lowest BCUT2D eigenvalue weighted by atomic mass is 10.2. The van der Waals surface area contributed by atoms with Gasteiger partial charge in [-0.05, 0) is 6.42 Å². The Labute approximate surface area is 97.4 Å². The van der Waals surface area contributed by atoms with Gasteiger partial charge >= 0.3 is 5.97 Å². The number of rotatable bonds is 3. The Hall–Kier alpha value is -1.68. The molecule has 1 aromatic carbocycles. The molecular weight excluding hydrogens is 222 g/mol. The lowest BCUT2D eigenvalue weighted by Crippen LogP contribution is -1.99. The van der Waals surface area contributed by atoms with Crippen molar-refractivity contribution in [3.8, 4) is 10.6 Å². The summed E-state index contributed by atoms with van der Waals surface area (Å²) in [5.74, 6) is -0.949. The molecule has 1 heterocycles. The van der Waals surface area contributed by atoms with Crippen molar-refractivity contribution >= 4 is 17.3 Å². The first-order valence-corrected chi connectivity index (χ1v) is 5.82. The van der Waals surface area contributed by atoms with E-state index >= 15 is 0 Å². The number of carboxylic acids is 1. The quantitative estimate of drug-likeness (QED) is 0.886. The Kier molecular flexibility index (Phi) is 3.01. The van der Waals surface area contributed by atoms with Crippen molar-refractivity contribution in [3.63, 3.8) is 0 Å². The van der Waals surface area contributed by atoms with E-state index in [-0.39, 0.29) is 5.69 Å². The summed E-state index contributed by atoms with van der Waals surface area (Å²) in [6.07, 6.45) is 0.701. The van der Waals surface area contributed by atoms with Gasteiger partial charge in [0.05, 0.1) is 0 Å². The third kappa shape index (κ3) is 1.97. The van der Waals surface area contributed by atoms with Crippen LogP contribution < -0.4 is 0 Å². The monoisotopic (exact) mass is 233 g/mol. The van der Waals surface area contributed by atoms with E-state index in [0.717, 1.165) is 15.4 Å². The molecule has 0 saturated heterocycles. The molecule has 0 radical (unpaired) electrons. The molecule has 0 aliphatic carbocycles. The van der Waals surface area contributed by atoms with Crippen LogP contribution in [0.3, 0.4) is 0 Å². The van der Waals surface area contributed by atoms with Crippen LogP contribution in [0.15, 0.2) is 30.3 Å². The Balaban J connectivity index is 2.48. The van der Waals surface area contributed by atoms with Crippen molar-refractivity contribution < 1.29 is 9.90 Å². The SMILES string of the molecule is CCc1sc(-c2ccccc2)nc1C(=O)O. The highest BCUT2D eigenvalue weighted by molar-refractivity contribution is 7.15. The number of hydrogen-bond donors (Lipinski definition) is 1. The molecule has 2 aromatic rings. The predicted molar refractivity (Wildman–Crippen MR) is 63.9 cm³/mol. The molecule has 0 bridgehead atoms. The highest BCUT2D eigenvalue weighted by atomic mass is 32.1. The molecule has 16 heavy (non-hydrogen) atoms. The van der Waals surface area contributed by atoms with Crippen molar-refractivity contribution in [2.24, 2.45) is 0 Å². The van der Waals surface area contributed by atoms with Crippen LogP contribution in [0.4, 0.5) is 0 Å². The molecule has 0 fully saturated rings. The summed E-state index contributed by atoms with van der Waals surface area (Å²) < 4.78 is 0. The standard InChI is InChI=1S/C12H11NO2S/c1-2-9-10(12(14)15)13-11(16-9)8-6-4-3-5-7-8/h3-7H,2H2,1H3,(H,14,15). The fourth-order valence-electron chi connectivity index (χ4n) is 1.46. The van der Waals surface area contributed by atoms with Gasteiger partial charge in [-0.3, -0.25) is 0 Å². The Morgan fingerprint density at radius 3 is 2.56 bits per heavy atom. The van der Waals surface area contributed by atoms with Gasteiger partial charge < -0.3 is 5.11 Å². The van der Waals surface area contributed by atoms with Crippen LogP contribution in [0.2, 0.25) is 0 Å². The fourth-order valence-corrected chi connectivity index (χ4v) is 2.46. The van der Waals surface area contributed by atoms with Crippen LogP contribution in [-0.2, 0) is 6.42 Å². The van der Waals surface area contributed by atoms with Crippen LogP contribution in [0.1, 0.15) is 22.3 Å². The van der Waals surface area contributed by atoms with Gasteiger partial charge in [-0.1, -0.05) is 37.3 Å². The van der Waals surface area contributed by atoms with E-state index in [9.17, 15) is 4.79 Å². The lowest BCUT2D eigenvalue weighted by molar-refractivity contribution is 0.0690. The maximum atomic E-state index is 11.0. The smallest absolute Gasteiger partial charge is 0.355 e. The average molecular weight is 233 g/mol. The van der Waals surface area contributed by atoms with E-state index in [2.05, 4.69) is 4.98 Å². The van der Waals surface area contributed by atoms with Gasteiger partial charge in [0, 0.05) is 10.4 Å². The molecule has 0 spiro atoms.